The van der Waals surface area contributed by atoms with Crippen molar-refractivity contribution in [3.63, 3.8) is 0 Å². The fourth-order valence-corrected chi connectivity index (χ4v) is 3.22. The van der Waals surface area contributed by atoms with Crippen molar-refractivity contribution in [2.75, 3.05) is 13.7 Å². The summed E-state index contributed by atoms with van der Waals surface area (Å²) >= 11 is 0. The van der Waals surface area contributed by atoms with Crippen LogP contribution in [0.15, 0.2) is 42.5 Å². The van der Waals surface area contributed by atoms with Gasteiger partial charge in [-0.2, -0.15) is 0 Å². The first kappa shape index (κ1) is 22.1. The van der Waals surface area contributed by atoms with Crippen LogP contribution in [0, 0.1) is 5.41 Å². The highest BCUT2D eigenvalue weighted by Crippen LogP contribution is 2.27. The van der Waals surface area contributed by atoms with Crippen LogP contribution in [0.2, 0.25) is 0 Å². The lowest BCUT2D eigenvalue weighted by Gasteiger charge is -2.17. The number of amidine groups is 1. The average molecular weight is 396 g/mol. The van der Waals surface area contributed by atoms with Crippen molar-refractivity contribution in [2.45, 2.75) is 39.0 Å². The molecule has 0 heterocycles. The summed E-state index contributed by atoms with van der Waals surface area (Å²) < 4.78 is 5.25. The van der Waals surface area contributed by atoms with E-state index in [0.717, 1.165) is 42.4 Å². The Labute approximate surface area is 171 Å². The van der Waals surface area contributed by atoms with Crippen LogP contribution in [0.3, 0.4) is 0 Å². The van der Waals surface area contributed by atoms with Crippen LogP contribution < -0.4 is 4.74 Å². The third-order valence-electron chi connectivity index (χ3n) is 4.73. The molecule has 0 saturated heterocycles. The largest absolute Gasteiger partial charge is 0.496 e. The molecule has 2 aromatic carbocycles. The number of rotatable bonds is 11. The highest BCUT2D eigenvalue weighted by molar-refractivity contribution is 5.88. The molecule has 0 aromatic heterocycles. The molecule has 6 nitrogen and oxygen atoms in total. The van der Waals surface area contributed by atoms with Gasteiger partial charge in [0, 0.05) is 18.5 Å². The van der Waals surface area contributed by atoms with Crippen molar-refractivity contribution >= 4 is 18.2 Å². The van der Waals surface area contributed by atoms with Gasteiger partial charge in [0.25, 0.3) is 0 Å². The van der Waals surface area contributed by atoms with Crippen LogP contribution in [0.4, 0.5) is 0 Å². The van der Waals surface area contributed by atoms with Gasteiger partial charge in [0.05, 0.1) is 13.5 Å². The van der Waals surface area contributed by atoms with Crippen LogP contribution >= 0.6 is 0 Å². The Morgan fingerprint density at radius 1 is 1.17 bits per heavy atom. The molecule has 0 aliphatic rings. The highest BCUT2D eigenvalue weighted by atomic mass is 16.5. The number of nitrogens with one attached hydrogen (secondary N) is 1. The van der Waals surface area contributed by atoms with E-state index in [0.29, 0.717) is 30.1 Å². The number of carboxylic acid groups (broad SMARTS) is 1. The number of amides is 1. The van der Waals surface area contributed by atoms with E-state index in [4.69, 9.17) is 15.3 Å². The minimum atomic E-state index is -0.895. The number of carboxylic acids is 1. The van der Waals surface area contributed by atoms with Gasteiger partial charge in [-0.3, -0.25) is 15.0 Å². The van der Waals surface area contributed by atoms with E-state index in [1.165, 1.54) is 12.0 Å². The van der Waals surface area contributed by atoms with Crippen LogP contribution in [0.25, 0.3) is 11.1 Å². The minimum absolute atomic E-state index is 0.0864. The maximum absolute atomic E-state index is 11.1. The first-order valence-electron chi connectivity index (χ1n) is 9.75. The molecular formula is C23H28N2O4. The molecule has 0 bridgehead atoms. The normalized spacial score (nSPS) is 10.4. The van der Waals surface area contributed by atoms with E-state index < -0.39 is 5.97 Å². The van der Waals surface area contributed by atoms with Crippen molar-refractivity contribution in [1.82, 2.24) is 4.90 Å². The lowest BCUT2D eigenvalue weighted by atomic mass is 9.98. The molecule has 0 atom stereocenters. The highest BCUT2D eigenvalue weighted by Gasteiger charge is 2.10. The zero-order valence-electron chi connectivity index (χ0n) is 17.0. The Balaban J connectivity index is 2.00. The molecule has 1 amide bonds. The molecule has 0 aliphatic carbocycles. The molecule has 2 N–H and O–H groups in total. The van der Waals surface area contributed by atoms with Crippen LogP contribution in [0.5, 0.6) is 5.75 Å². The summed E-state index contributed by atoms with van der Waals surface area (Å²) in [6.07, 6.45) is 3.68. The molecule has 0 spiro atoms. The third kappa shape index (κ3) is 6.45. The van der Waals surface area contributed by atoms with Gasteiger partial charge in [0.1, 0.15) is 11.6 Å². The van der Waals surface area contributed by atoms with Crippen molar-refractivity contribution in [1.29, 1.82) is 5.41 Å². The summed E-state index contributed by atoms with van der Waals surface area (Å²) in [5.41, 5.74) is 3.75. The Morgan fingerprint density at radius 2 is 1.86 bits per heavy atom. The zero-order valence-corrected chi connectivity index (χ0v) is 17.0. The Morgan fingerprint density at radius 3 is 2.45 bits per heavy atom. The van der Waals surface area contributed by atoms with Gasteiger partial charge < -0.3 is 14.7 Å². The summed E-state index contributed by atoms with van der Waals surface area (Å²) in [4.78, 5) is 23.6. The van der Waals surface area contributed by atoms with E-state index in [1.54, 1.807) is 6.07 Å². The fraction of sp³-hybridized carbons (Fsp3) is 0.348. The summed E-state index contributed by atoms with van der Waals surface area (Å²) in [5, 5.41) is 17.1. The van der Waals surface area contributed by atoms with Gasteiger partial charge >= 0.3 is 5.97 Å². The van der Waals surface area contributed by atoms with Gasteiger partial charge in [-0.15, -0.1) is 0 Å². The SMILES string of the molecule is CCCN(C=O)C(=N)CCCc1ccc(-c2ccc(OC)c(CC(=O)O)c2)cc1. The maximum Gasteiger partial charge on any atom is 0.307 e. The summed E-state index contributed by atoms with van der Waals surface area (Å²) in [6, 6.07) is 13.7. The number of carbonyl (C=O) groups excluding carboxylic acids is 1. The maximum atomic E-state index is 11.1. The topological polar surface area (TPSA) is 90.7 Å². The number of methoxy groups -OCH3 is 1. The molecule has 2 aromatic rings. The van der Waals surface area contributed by atoms with Crippen LogP contribution in [0.1, 0.15) is 37.3 Å². The smallest absolute Gasteiger partial charge is 0.307 e. The first-order valence-corrected chi connectivity index (χ1v) is 9.75. The first-order chi connectivity index (χ1) is 14.0. The van der Waals surface area contributed by atoms with Crippen molar-refractivity contribution in [3.05, 3.63) is 53.6 Å². The predicted octanol–water partition coefficient (Wildman–Crippen LogP) is 4.16. The van der Waals surface area contributed by atoms with Gasteiger partial charge in [0.15, 0.2) is 0 Å². The number of nitrogens with zero attached hydrogens (tertiary/aromatic N) is 1. The van der Waals surface area contributed by atoms with E-state index in [2.05, 4.69) is 0 Å². The third-order valence-corrected chi connectivity index (χ3v) is 4.73. The second-order valence-electron chi connectivity index (χ2n) is 6.89. The number of hydrogen-bond donors (Lipinski definition) is 2. The standard InChI is InChI=1S/C23H28N2O4/c1-3-13-25(16-26)22(24)6-4-5-17-7-9-18(10-8-17)19-11-12-21(29-2)20(14-19)15-23(27)28/h7-12,14,16,24H,3-6,13,15H2,1-2H3,(H,27,28). The monoisotopic (exact) mass is 396 g/mol. The van der Waals surface area contributed by atoms with Gasteiger partial charge in [-0.05, 0) is 48.1 Å². The lowest BCUT2D eigenvalue weighted by molar-refractivity contribution is -0.136. The Hall–Kier alpha value is -3.15. The quantitative estimate of drug-likeness (QED) is 0.339. The number of benzene rings is 2. The van der Waals surface area contributed by atoms with Crippen molar-refractivity contribution < 1.29 is 19.4 Å². The van der Waals surface area contributed by atoms with E-state index >= 15 is 0 Å². The second kappa shape index (κ2) is 11.0. The van der Waals surface area contributed by atoms with Gasteiger partial charge in [-0.1, -0.05) is 37.3 Å². The Kier molecular flexibility index (Phi) is 8.40. The molecule has 2 rings (SSSR count). The minimum Gasteiger partial charge on any atom is -0.496 e. The van der Waals surface area contributed by atoms with Gasteiger partial charge in [-0.25, -0.2) is 0 Å². The van der Waals surface area contributed by atoms with Crippen molar-refractivity contribution in [2.24, 2.45) is 0 Å². The number of aliphatic carboxylic acids is 1. The molecule has 0 aliphatic heterocycles. The predicted molar refractivity (Wildman–Crippen MR) is 113 cm³/mol. The molecular weight excluding hydrogens is 368 g/mol. The molecule has 0 fully saturated rings. The van der Waals surface area contributed by atoms with Crippen molar-refractivity contribution in [3.8, 4) is 16.9 Å². The zero-order chi connectivity index (χ0) is 21.2. The molecule has 0 radical (unpaired) electrons. The molecule has 29 heavy (non-hydrogen) atoms. The fourth-order valence-electron chi connectivity index (χ4n) is 3.22. The van der Waals surface area contributed by atoms with E-state index in [-0.39, 0.29) is 6.42 Å². The lowest BCUT2D eigenvalue weighted by Crippen LogP contribution is -2.29. The molecule has 0 saturated carbocycles. The average Bonchev–Trinajstić information content (AvgIpc) is 2.72. The van der Waals surface area contributed by atoms with Gasteiger partial charge in [0.2, 0.25) is 6.41 Å². The summed E-state index contributed by atoms with van der Waals surface area (Å²) in [6.45, 7) is 2.57. The molecule has 154 valence electrons. The number of ether oxygens (including phenoxy) is 1. The Bertz CT molecular complexity index is 846. The second-order valence-corrected chi connectivity index (χ2v) is 6.89. The number of aryl methyl sites for hydroxylation is 1. The summed E-state index contributed by atoms with van der Waals surface area (Å²) in [5.74, 6) is 0.0405. The number of carbonyl (C=O) groups is 2. The van der Waals surface area contributed by atoms with Crippen LogP contribution in [-0.2, 0) is 22.4 Å². The van der Waals surface area contributed by atoms with E-state index in [9.17, 15) is 9.59 Å². The molecule has 6 heteroatoms. The molecule has 0 unspecified atom stereocenters. The van der Waals surface area contributed by atoms with E-state index in [1.807, 2.05) is 43.3 Å². The van der Waals surface area contributed by atoms with Crippen LogP contribution in [-0.4, -0.2) is 41.9 Å². The summed E-state index contributed by atoms with van der Waals surface area (Å²) in [7, 11) is 1.53. The number of hydrogen-bond acceptors (Lipinski definition) is 4.